The topological polar surface area (TPSA) is 88.1 Å². The lowest BCUT2D eigenvalue weighted by Crippen LogP contribution is -2.48. The predicted molar refractivity (Wildman–Crippen MR) is 83.7 cm³/mol. The summed E-state index contributed by atoms with van der Waals surface area (Å²) in [6.07, 6.45) is 1.80. The quantitative estimate of drug-likeness (QED) is 0.833. The van der Waals surface area contributed by atoms with Gasteiger partial charge in [-0.2, -0.15) is 0 Å². The van der Waals surface area contributed by atoms with Crippen LogP contribution in [-0.2, 0) is 19.2 Å². The third-order valence-electron chi connectivity index (χ3n) is 4.54. The van der Waals surface area contributed by atoms with Gasteiger partial charge in [0.1, 0.15) is 11.8 Å². The number of amides is 3. The molecule has 1 aromatic rings. The van der Waals surface area contributed by atoms with Crippen molar-refractivity contribution in [3.63, 3.8) is 0 Å². The van der Waals surface area contributed by atoms with Crippen molar-refractivity contribution >= 4 is 23.4 Å². The molecule has 0 bridgehead atoms. The summed E-state index contributed by atoms with van der Waals surface area (Å²) in [7, 11) is 0. The number of nitrogens with one attached hydrogen (secondary N) is 1. The number of oxime groups is 1. The van der Waals surface area contributed by atoms with E-state index in [0.29, 0.717) is 12.1 Å². The Morgan fingerprint density at radius 2 is 1.92 bits per heavy atom. The third kappa shape index (κ3) is 2.66. The second-order valence-electron chi connectivity index (χ2n) is 6.32. The SMILES string of the molecule is O=C1C[C@H](N(C(=O)C2=NO[C@H](c3ccccc3)C2)C2CC2)C(=O)N1. The molecule has 2 heterocycles. The van der Waals surface area contributed by atoms with Crippen molar-refractivity contribution in [2.24, 2.45) is 5.16 Å². The third-order valence-corrected chi connectivity index (χ3v) is 4.54. The van der Waals surface area contributed by atoms with Crippen LogP contribution in [-0.4, -0.2) is 40.4 Å². The predicted octanol–water partition coefficient (Wildman–Crippen LogP) is 0.910. The average Bonchev–Trinajstić information content (AvgIpc) is 3.18. The van der Waals surface area contributed by atoms with E-state index in [2.05, 4.69) is 10.5 Å². The summed E-state index contributed by atoms with van der Waals surface area (Å²) >= 11 is 0. The molecule has 7 heteroatoms. The van der Waals surface area contributed by atoms with Crippen LogP contribution in [0.4, 0.5) is 0 Å². The van der Waals surface area contributed by atoms with Crippen LogP contribution in [0.5, 0.6) is 0 Å². The lowest BCUT2D eigenvalue weighted by atomic mass is 10.0. The molecule has 124 valence electrons. The van der Waals surface area contributed by atoms with Crippen molar-refractivity contribution in [1.82, 2.24) is 10.2 Å². The largest absolute Gasteiger partial charge is 0.387 e. The Balaban J connectivity index is 1.50. The van der Waals surface area contributed by atoms with Crippen LogP contribution >= 0.6 is 0 Å². The highest BCUT2D eigenvalue weighted by atomic mass is 16.6. The maximum Gasteiger partial charge on any atom is 0.272 e. The van der Waals surface area contributed by atoms with Gasteiger partial charge in [-0.25, -0.2) is 0 Å². The first kappa shape index (κ1) is 14.9. The monoisotopic (exact) mass is 327 g/mol. The van der Waals surface area contributed by atoms with Gasteiger partial charge in [-0.1, -0.05) is 35.5 Å². The van der Waals surface area contributed by atoms with E-state index in [-0.39, 0.29) is 30.4 Å². The van der Waals surface area contributed by atoms with Gasteiger partial charge < -0.3 is 9.74 Å². The molecule has 1 aromatic carbocycles. The molecule has 1 saturated heterocycles. The molecule has 1 N–H and O–H groups in total. The molecule has 0 radical (unpaired) electrons. The highest BCUT2D eigenvalue weighted by Gasteiger charge is 2.46. The zero-order chi connectivity index (χ0) is 16.7. The summed E-state index contributed by atoms with van der Waals surface area (Å²) in [5.74, 6) is -1.04. The lowest BCUT2D eigenvalue weighted by molar-refractivity contribution is -0.134. The van der Waals surface area contributed by atoms with E-state index in [4.69, 9.17) is 4.84 Å². The number of carbonyl (C=O) groups excluding carboxylic acids is 3. The first-order valence-corrected chi connectivity index (χ1v) is 8.07. The Bertz CT molecular complexity index is 727. The van der Waals surface area contributed by atoms with Crippen molar-refractivity contribution < 1.29 is 19.2 Å². The first-order chi connectivity index (χ1) is 11.6. The van der Waals surface area contributed by atoms with Crippen molar-refractivity contribution in [2.45, 2.75) is 43.9 Å². The van der Waals surface area contributed by atoms with Crippen LogP contribution < -0.4 is 5.32 Å². The van der Waals surface area contributed by atoms with Crippen LogP contribution in [0.25, 0.3) is 0 Å². The van der Waals surface area contributed by atoms with E-state index in [1.807, 2.05) is 30.3 Å². The summed E-state index contributed by atoms with van der Waals surface area (Å²) in [6, 6.07) is 8.86. The molecule has 0 spiro atoms. The van der Waals surface area contributed by atoms with Crippen LogP contribution in [0.3, 0.4) is 0 Å². The van der Waals surface area contributed by atoms with E-state index < -0.39 is 11.9 Å². The van der Waals surface area contributed by atoms with Crippen molar-refractivity contribution in [2.75, 3.05) is 0 Å². The van der Waals surface area contributed by atoms with Gasteiger partial charge in [-0.05, 0) is 18.4 Å². The van der Waals surface area contributed by atoms with E-state index in [1.54, 1.807) is 0 Å². The van der Waals surface area contributed by atoms with Gasteiger partial charge in [0.2, 0.25) is 11.8 Å². The molecular formula is C17H17N3O4. The summed E-state index contributed by atoms with van der Waals surface area (Å²) in [5.41, 5.74) is 1.26. The Kier molecular flexibility index (Phi) is 3.55. The second-order valence-corrected chi connectivity index (χ2v) is 6.32. The number of carbonyl (C=O) groups is 3. The summed E-state index contributed by atoms with van der Waals surface area (Å²) < 4.78 is 0. The van der Waals surface area contributed by atoms with Gasteiger partial charge in [0.05, 0.1) is 6.42 Å². The Morgan fingerprint density at radius 1 is 1.17 bits per heavy atom. The Morgan fingerprint density at radius 3 is 2.54 bits per heavy atom. The van der Waals surface area contributed by atoms with E-state index >= 15 is 0 Å². The molecule has 24 heavy (non-hydrogen) atoms. The van der Waals surface area contributed by atoms with Crippen LogP contribution in [0.2, 0.25) is 0 Å². The van der Waals surface area contributed by atoms with Crippen LogP contribution in [0, 0.1) is 0 Å². The number of benzene rings is 1. The molecule has 4 rings (SSSR count). The molecule has 3 amide bonds. The fourth-order valence-corrected chi connectivity index (χ4v) is 3.18. The maximum absolute atomic E-state index is 12.9. The van der Waals surface area contributed by atoms with Crippen molar-refractivity contribution in [3.8, 4) is 0 Å². The number of hydrogen-bond donors (Lipinski definition) is 1. The minimum Gasteiger partial charge on any atom is -0.387 e. The van der Waals surface area contributed by atoms with E-state index in [9.17, 15) is 14.4 Å². The lowest BCUT2D eigenvalue weighted by Gasteiger charge is -2.26. The average molecular weight is 327 g/mol. The smallest absolute Gasteiger partial charge is 0.272 e. The Hall–Kier alpha value is -2.70. The normalized spacial score (nSPS) is 25.9. The molecule has 3 aliphatic rings. The minimum atomic E-state index is -0.726. The maximum atomic E-state index is 12.9. The minimum absolute atomic E-state index is 0.0117. The zero-order valence-corrected chi connectivity index (χ0v) is 13.0. The fraction of sp³-hybridized carbons (Fsp3) is 0.412. The van der Waals surface area contributed by atoms with Crippen LogP contribution in [0.1, 0.15) is 37.4 Å². The molecule has 1 saturated carbocycles. The summed E-state index contributed by atoms with van der Waals surface area (Å²) in [6.45, 7) is 0. The highest BCUT2D eigenvalue weighted by molar-refractivity contribution is 6.39. The van der Waals surface area contributed by atoms with Crippen molar-refractivity contribution in [1.29, 1.82) is 0 Å². The van der Waals surface area contributed by atoms with Crippen molar-refractivity contribution in [3.05, 3.63) is 35.9 Å². The van der Waals surface area contributed by atoms with Gasteiger partial charge in [0, 0.05) is 12.5 Å². The standard InChI is InChI=1S/C17H17N3O4/c21-15-9-13(16(22)18-15)20(11-6-7-11)17(23)12-8-14(24-19-12)10-4-2-1-3-5-10/h1-5,11,13-14H,6-9H2,(H,18,21,22)/t13-,14-/m0/s1. The molecule has 1 aliphatic carbocycles. The fourth-order valence-electron chi connectivity index (χ4n) is 3.18. The molecule has 0 unspecified atom stereocenters. The second kappa shape index (κ2) is 5.74. The molecule has 0 aromatic heterocycles. The van der Waals surface area contributed by atoms with E-state index in [1.165, 1.54) is 4.90 Å². The van der Waals surface area contributed by atoms with Gasteiger partial charge in [-0.3, -0.25) is 19.7 Å². The van der Waals surface area contributed by atoms with Gasteiger partial charge in [-0.15, -0.1) is 0 Å². The molecular weight excluding hydrogens is 310 g/mol. The first-order valence-electron chi connectivity index (χ1n) is 8.07. The van der Waals surface area contributed by atoms with Crippen LogP contribution in [0.15, 0.2) is 35.5 Å². The Labute approximate surface area is 138 Å². The van der Waals surface area contributed by atoms with Gasteiger partial charge in [0.15, 0.2) is 6.10 Å². The van der Waals surface area contributed by atoms with Gasteiger partial charge >= 0.3 is 0 Å². The van der Waals surface area contributed by atoms with Gasteiger partial charge in [0.25, 0.3) is 5.91 Å². The number of imide groups is 1. The number of nitrogens with zero attached hydrogens (tertiary/aromatic N) is 2. The molecule has 7 nitrogen and oxygen atoms in total. The number of rotatable bonds is 4. The summed E-state index contributed by atoms with van der Waals surface area (Å²) in [5, 5.41) is 6.22. The zero-order valence-electron chi connectivity index (χ0n) is 13.0. The summed E-state index contributed by atoms with van der Waals surface area (Å²) in [4.78, 5) is 43.2. The molecule has 2 atom stereocenters. The number of hydrogen-bond acceptors (Lipinski definition) is 5. The van der Waals surface area contributed by atoms with E-state index in [0.717, 1.165) is 18.4 Å². The highest BCUT2D eigenvalue weighted by Crippen LogP contribution is 2.33. The molecule has 2 fully saturated rings. The molecule has 2 aliphatic heterocycles.